The number of aromatic nitrogens is 2. The Hall–Kier alpha value is -2.67. The molecule has 0 spiro atoms. The summed E-state index contributed by atoms with van der Waals surface area (Å²) in [5, 5.41) is 0. The Labute approximate surface area is 165 Å². The molecule has 7 heteroatoms. The third-order valence-corrected chi connectivity index (χ3v) is 5.85. The smallest absolute Gasteiger partial charge is 0.219 e. The fourth-order valence-electron chi connectivity index (χ4n) is 4.57. The zero-order valence-corrected chi connectivity index (χ0v) is 16.5. The summed E-state index contributed by atoms with van der Waals surface area (Å²) in [6, 6.07) is 10.2. The van der Waals surface area contributed by atoms with Crippen molar-refractivity contribution in [3.63, 3.8) is 0 Å². The number of hydrogen-bond acceptors (Lipinski definition) is 6. The van der Waals surface area contributed by atoms with Gasteiger partial charge in [0.1, 0.15) is 17.9 Å². The number of benzene rings is 1. The van der Waals surface area contributed by atoms with Gasteiger partial charge in [-0.3, -0.25) is 4.79 Å². The fourth-order valence-corrected chi connectivity index (χ4v) is 4.57. The van der Waals surface area contributed by atoms with Crippen LogP contribution >= 0.6 is 0 Å². The molecule has 2 saturated heterocycles. The second-order valence-electron chi connectivity index (χ2n) is 7.52. The summed E-state index contributed by atoms with van der Waals surface area (Å²) in [6.45, 7) is 4.68. The second-order valence-corrected chi connectivity index (χ2v) is 7.52. The van der Waals surface area contributed by atoms with Crippen LogP contribution in [0.25, 0.3) is 0 Å². The molecule has 0 bridgehead atoms. The largest absolute Gasteiger partial charge is 0.497 e. The van der Waals surface area contributed by atoms with Gasteiger partial charge in [-0.1, -0.05) is 12.1 Å². The van der Waals surface area contributed by atoms with E-state index in [-0.39, 0.29) is 11.9 Å². The van der Waals surface area contributed by atoms with E-state index < -0.39 is 0 Å². The van der Waals surface area contributed by atoms with Crippen molar-refractivity contribution in [1.82, 2.24) is 14.9 Å². The number of likely N-dealkylation sites (tertiary alicyclic amines) is 1. The van der Waals surface area contributed by atoms with Gasteiger partial charge in [0.25, 0.3) is 0 Å². The van der Waals surface area contributed by atoms with E-state index in [4.69, 9.17) is 9.47 Å². The summed E-state index contributed by atoms with van der Waals surface area (Å²) in [5.74, 6) is 2.69. The van der Waals surface area contributed by atoms with Gasteiger partial charge in [-0.15, -0.1) is 0 Å². The van der Waals surface area contributed by atoms with Gasteiger partial charge in [0, 0.05) is 51.6 Å². The molecule has 3 heterocycles. The van der Waals surface area contributed by atoms with Crippen molar-refractivity contribution >= 4 is 11.7 Å². The Morgan fingerprint density at radius 3 is 2.61 bits per heavy atom. The first kappa shape index (κ1) is 18.7. The second kappa shape index (κ2) is 7.75. The number of methoxy groups -OCH3 is 2. The van der Waals surface area contributed by atoms with E-state index in [1.54, 1.807) is 27.5 Å². The number of ether oxygens (including phenoxy) is 2. The average Bonchev–Trinajstić information content (AvgIpc) is 3.27. The minimum atomic E-state index is 0.0821. The average molecular weight is 382 g/mol. The lowest BCUT2D eigenvalue weighted by atomic mass is 9.89. The highest BCUT2D eigenvalue weighted by Gasteiger charge is 2.48. The zero-order valence-electron chi connectivity index (χ0n) is 16.5. The molecule has 148 valence electrons. The number of anilines is 1. The highest BCUT2D eigenvalue weighted by atomic mass is 16.5. The Morgan fingerprint density at radius 2 is 1.93 bits per heavy atom. The van der Waals surface area contributed by atoms with Crippen LogP contribution in [0.2, 0.25) is 0 Å². The predicted octanol–water partition coefficient (Wildman–Crippen LogP) is 2.29. The SMILES string of the molecule is COCc1cc(N2C[C@@H]3CN(C(C)=O)[C@@H](c4ccc(OC)cc4)[C@@H]3C2)ncn1. The molecule has 1 amide bonds. The molecule has 7 nitrogen and oxygen atoms in total. The van der Waals surface area contributed by atoms with Gasteiger partial charge >= 0.3 is 0 Å². The molecule has 0 N–H and O–H groups in total. The lowest BCUT2D eigenvalue weighted by Crippen LogP contribution is -2.34. The maximum atomic E-state index is 12.3. The highest BCUT2D eigenvalue weighted by molar-refractivity contribution is 5.74. The molecular formula is C21H26N4O3. The Bertz CT molecular complexity index is 842. The van der Waals surface area contributed by atoms with Crippen LogP contribution in [-0.2, 0) is 16.1 Å². The summed E-state index contributed by atoms with van der Waals surface area (Å²) in [5.41, 5.74) is 2.04. The van der Waals surface area contributed by atoms with Crippen LogP contribution < -0.4 is 9.64 Å². The maximum absolute atomic E-state index is 12.3. The van der Waals surface area contributed by atoms with Gasteiger partial charge in [0.2, 0.25) is 5.91 Å². The maximum Gasteiger partial charge on any atom is 0.219 e. The van der Waals surface area contributed by atoms with E-state index >= 15 is 0 Å². The van der Waals surface area contributed by atoms with E-state index in [0.717, 1.165) is 42.5 Å². The third-order valence-electron chi connectivity index (χ3n) is 5.85. The van der Waals surface area contributed by atoms with Gasteiger partial charge in [-0.2, -0.15) is 0 Å². The fraction of sp³-hybridized carbons (Fsp3) is 0.476. The van der Waals surface area contributed by atoms with E-state index in [1.165, 1.54) is 0 Å². The summed E-state index contributed by atoms with van der Waals surface area (Å²) >= 11 is 0. The van der Waals surface area contributed by atoms with Crippen molar-refractivity contribution in [2.45, 2.75) is 19.6 Å². The van der Waals surface area contributed by atoms with Gasteiger partial charge in [0.05, 0.1) is 25.5 Å². The van der Waals surface area contributed by atoms with Gasteiger partial charge in [0.15, 0.2) is 0 Å². The molecule has 0 unspecified atom stereocenters. The molecule has 3 atom stereocenters. The van der Waals surface area contributed by atoms with Crippen molar-refractivity contribution in [3.8, 4) is 5.75 Å². The first-order valence-electron chi connectivity index (χ1n) is 9.56. The van der Waals surface area contributed by atoms with Gasteiger partial charge < -0.3 is 19.3 Å². The lowest BCUT2D eigenvalue weighted by Gasteiger charge is -2.29. The minimum Gasteiger partial charge on any atom is -0.497 e. The van der Waals surface area contributed by atoms with E-state index in [1.807, 2.05) is 23.1 Å². The molecule has 1 aromatic heterocycles. The van der Waals surface area contributed by atoms with Crippen molar-refractivity contribution in [1.29, 1.82) is 0 Å². The molecular weight excluding hydrogens is 356 g/mol. The normalized spacial score (nSPS) is 23.8. The molecule has 2 fully saturated rings. The van der Waals surface area contributed by atoms with E-state index in [0.29, 0.717) is 18.4 Å². The summed E-state index contributed by atoms with van der Waals surface area (Å²) in [7, 11) is 3.33. The van der Waals surface area contributed by atoms with Crippen LogP contribution in [-0.4, -0.2) is 54.6 Å². The molecule has 2 aliphatic rings. The topological polar surface area (TPSA) is 67.8 Å². The van der Waals surface area contributed by atoms with Crippen LogP contribution in [0.5, 0.6) is 5.75 Å². The van der Waals surface area contributed by atoms with Gasteiger partial charge in [-0.25, -0.2) is 9.97 Å². The molecule has 4 rings (SSSR count). The quantitative estimate of drug-likeness (QED) is 0.790. The summed E-state index contributed by atoms with van der Waals surface area (Å²) < 4.78 is 10.5. The number of hydrogen-bond donors (Lipinski definition) is 0. The summed E-state index contributed by atoms with van der Waals surface area (Å²) in [4.78, 5) is 25.4. The van der Waals surface area contributed by atoms with Crippen molar-refractivity contribution < 1.29 is 14.3 Å². The Balaban J connectivity index is 1.58. The number of carbonyl (C=O) groups is 1. The van der Waals surface area contributed by atoms with Crippen molar-refractivity contribution in [3.05, 3.63) is 47.9 Å². The molecule has 0 aliphatic carbocycles. The number of fused-ring (bicyclic) bond motifs is 1. The van der Waals surface area contributed by atoms with Gasteiger partial charge in [-0.05, 0) is 17.7 Å². The molecule has 2 aromatic rings. The van der Waals surface area contributed by atoms with Crippen LogP contribution in [0.3, 0.4) is 0 Å². The van der Waals surface area contributed by atoms with Crippen molar-refractivity contribution in [2.24, 2.45) is 11.8 Å². The molecule has 2 aliphatic heterocycles. The van der Waals surface area contributed by atoms with Crippen molar-refractivity contribution in [2.75, 3.05) is 38.8 Å². The standard InChI is InChI=1S/C21H26N4O3/c1-14(26)25-10-16-9-24(20-8-17(12-27-2)22-13-23-20)11-19(16)21(25)15-4-6-18(28-3)7-5-15/h4-8,13,16,19,21H,9-12H2,1-3H3/t16-,19-,21+/m1/s1. The van der Waals surface area contributed by atoms with E-state index in [2.05, 4.69) is 27.0 Å². The zero-order chi connectivity index (χ0) is 19.7. The first-order valence-corrected chi connectivity index (χ1v) is 9.56. The van der Waals surface area contributed by atoms with E-state index in [9.17, 15) is 4.79 Å². The number of nitrogens with zero attached hydrogens (tertiary/aromatic N) is 4. The molecule has 28 heavy (non-hydrogen) atoms. The number of carbonyl (C=O) groups excluding carboxylic acids is 1. The summed E-state index contributed by atoms with van der Waals surface area (Å²) in [6.07, 6.45) is 1.60. The molecule has 0 saturated carbocycles. The first-order chi connectivity index (χ1) is 13.6. The van der Waals surface area contributed by atoms with Crippen LogP contribution in [0.1, 0.15) is 24.2 Å². The molecule has 0 radical (unpaired) electrons. The lowest BCUT2D eigenvalue weighted by molar-refractivity contribution is -0.130. The van der Waals surface area contributed by atoms with Crippen LogP contribution in [0, 0.1) is 11.8 Å². The van der Waals surface area contributed by atoms with Crippen LogP contribution in [0.15, 0.2) is 36.7 Å². The van der Waals surface area contributed by atoms with Crippen LogP contribution in [0.4, 0.5) is 5.82 Å². The predicted molar refractivity (Wildman–Crippen MR) is 105 cm³/mol. The highest BCUT2D eigenvalue weighted by Crippen LogP contribution is 2.45. The monoisotopic (exact) mass is 382 g/mol. The third kappa shape index (κ3) is 3.42. The minimum absolute atomic E-state index is 0.0821. The Morgan fingerprint density at radius 1 is 1.14 bits per heavy atom. The number of amides is 1. The molecule has 1 aromatic carbocycles. The Kier molecular flexibility index (Phi) is 5.17. The number of rotatable bonds is 5.